The third kappa shape index (κ3) is 2.28. The van der Waals surface area contributed by atoms with Gasteiger partial charge in [-0.3, -0.25) is 4.79 Å². The van der Waals surface area contributed by atoms with Gasteiger partial charge in [0.2, 0.25) is 0 Å². The summed E-state index contributed by atoms with van der Waals surface area (Å²) in [4.78, 5) is 12.0. The molecule has 2 aromatic rings. The lowest BCUT2D eigenvalue weighted by atomic mass is 10.1. The first-order valence-corrected chi connectivity index (χ1v) is 5.17. The fourth-order valence-corrected chi connectivity index (χ4v) is 1.60. The molecule has 1 aromatic carbocycles. The molecule has 0 aliphatic rings. The average molecular weight is 231 g/mol. The molecular weight excluding hydrogens is 218 g/mol. The third-order valence-corrected chi connectivity index (χ3v) is 2.40. The Kier molecular flexibility index (Phi) is 2.82. The molecule has 5 nitrogen and oxygen atoms in total. The predicted octanol–water partition coefficient (Wildman–Crippen LogP) is 2.13. The van der Waals surface area contributed by atoms with Crippen molar-refractivity contribution in [2.45, 2.75) is 13.8 Å². The Morgan fingerprint density at radius 3 is 2.76 bits per heavy atom. The lowest BCUT2D eigenvalue weighted by Gasteiger charge is -2.07. The molecule has 88 valence electrons. The minimum Gasteiger partial charge on any atom is -0.398 e. The lowest BCUT2D eigenvalue weighted by Crippen LogP contribution is -2.15. The SMILES string of the molecule is Cc1cc(NC(=O)c2c(C)cccc2N)no1. The number of nitrogens with two attached hydrogens (primary N) is 1. The lowest BCUT2D eigenvalue weighted by molar-refractivity contribution is 0.102. The summed E-state index contributed by atoms with van der Waals surface area (Å²) in [5.74, 6) is 0.738. The average Bonchev–Trinajstić information content (AvgIpc) is 2.63. The largest absolute Gasteiger partial charge is 0.398 e. The number of amides is 1. The molecule has 0 unspecified atom stereocenters. The summed E-state index contributed by atoms with van der Waals surface area (Å²) in [6.07, 6.45) is 0. The summed E-state index contributed by atoms with van der Waals surface area (Å²) in [6.45, 7) is 3.59. The highest BCUT2D eigenvalue weighted by Crippen LogP contribution is 2.18. The summed E-state index contributed by atoms with van der Waals surface area (Å²) in [5.41, 5.74) is 7.51. The molecule has 17 heavy (non-hydrogen) atoms. The van der Waals surface area contributed by atoms with Crippen molar-refractivity contribution < 1.29 is 9.32 Å². The first-order valence-electron chi connectivity index (χ1n) is 5.17. The van der Waals surface area contributed by atoms with E-state index in [1.807, 2.05) is 19.1 Å². The van der Waals surface area contributed by atoms with E-state index < -0.39 is 0 Å². The maximum Gasteiger partial charge on any atom is 0.259 e. The quantitative estimate of drug-likeness (QED) is 0.776. The number of carbonyl (C=O) groups excluding carboxylic acids is 1. The number of rotatable bonds is 2. The highest BCUT2D eigenvalue weighted by atomic mass is 16.5. The van der Waals surface area contributed by atoms with E-state index in [-0.39, 0.29) is 5.91 Å². The molecule has 0 saturated carbocycles. The maximum atomic E-state index is 12.0. The van der Waals surface area contributed by atoms with Gasteiger partial charge in [0.25, 0.3) is 5.91 Å². The predicted molar refractivity (Wildman–Crippen MR) is 64.8 cm³/mol. The number of hydrogen-bond acceptors (Lipinski definition) is 4. The van der Waals surface area contributed by atoms with E-state index in [0.29, 0.717) is 22.8 Å². The Morgan fingerprint density at radius 1 is 1.41 bits per heavy atom. The minimum atomic E-state index is -0.283. The van der Waals surface area contributed by atoms with Gasteiger partial charge in [-0.1, -0.05) is 17.3 Å². The molecule has 0 radical (unpaired) electrons. The van der Waals surface area contributed by atoms with Crippen molar-refractivity contribution >= 4 is 17.4 Å². The summed E-state index contributed by atoms with van der Waals surface area (Å²) in [6, 6.07) is 6.98. The van der Waals surface area contributed by atoms with Crippen molar-refractivity contribution in [1.82, 2.24) is 5.16 Å². The maximum absolute atomic E-state index is 12.0. The van der Waals surface area contributed by atoms with Crippen LogP contribution < -0.4 is 11.1 Å². The molecule has 5 heteroatoms. The molecule has 0 bridgehead atoms. The van der Waals surface area contributed by atoms with E-state index in [2.05, 4.69) is 10.5 Å². The molecular formula is C12H13N3O2. The second-order valence-electron chi connectivity index (χ2n) is 3.82. The molecule has 0 atom stereocenters. The zero-order valence-corrected chi connectivity index (χ0v) is 9.65. The van der Waals surface area contributed by atoms with Crippen molar-refractivity contribution in [3.05, 3.63) is 41.2 Å². The van der Waals surface area contributed by atoms with Crippen LogP contribution in [0, 0.1) is 13.8 Å². The summed E-state index contributed by atoms with van der Waals surface area (Å²) < 4.78 is 4.87. The number of carbonyl (C=O) groups is 1. The van der Waals surface area contributed by atoms with Crippen LogP contribution in [0.25, 0.3) is 0 Å². The molecule has 3 N–H and O–H groups in total. The van der Waals surface area contributed by atoms with Gasteiger partial charge in [-0.2, -0.15) is 0 Å². The number of nitrogens with one attached hydrogen (secondary N) is 1. The van der Waals surface area contributed by atoms with Gasteiger partial charge in [-0.25, -0.2) is 0 Å². The van der Waals surface area contributed by atoms with Crippen molar-refractivity contribution in [1.29, 1.82) is 0 Å². The van der Waals surface area contributed by atoms with Crippen LogP contribution in [0.5, 0.6) is 0 Å². The van der Waals surface area contributed by atoms with Gasteiger partial charge in [0.15, 0.2) is 5.82 Å². The fraction of sp³-hybridized carbons (Fsp3) is 0.167. The number of nitrogen functional groups attached to an aromatic ring is 1. The van der Waals surface area contributed by atoms with E-state index in [4.69, 9.17) is 10.3 Å². The molecule has 0 aliphatic carbocycles. The Morgan fingerprint density at radius 2 is 2.18 bits per heavy atom. The van der Waals surface area contributed by atoms with Crippen LogP contribution in [0.3, 0.4) is 0 Å². The van der Waals surface area contributed by atoms with E-state index >= 15 is 0 Å². The second kappa shape index (κ2) is 4.29. The van der Waals surface area contributed by atoms with Gasteiger partial charge < -0.3 is 15.6 Å². The Labute approximate surface area is 98.6 Å². The van der Waals surface area contributed by atoms with Crippen molar-refractivity contribution in [2.24, 2.45) is 0 Å². The number of hydrogen-bond donors (Lipinski definition) is 2. The van der Waals surface area contributed by atoms with Gasteiger partial charge >= 0.3 is 0 Å². The standard InChI is InChI=1S/C12H13N3O2/c1-7-4-3-5-9(13)11(7)12(16)14-10-6-8(2)17-15-10/h3-6H,13H2,1-2H3,(H,14,15,16). The Hall–Kier alpha value is -2.30. The smallest absolute Gasteiger partial charge is 0.259 e. The zero-order valence-electron chi connectivity index (χ0n) is 9.65. The molecule has 1 heterocycles. The summed E-state index contributed by atoms with van der Waals surface area (Å²) >= 11 is 0. The van der Waals surface area contributed by atoms with Crippen LogP contribution >= 0.6 is 0 Å². The van der Waals surface area contributed by atoms with Gasteiger partial charge in [-0.05, 0) is 25.5 Å². The molecule has 0 fully saturated rings. The summed E-state index contributed by atoms with van der Waals surface area (Å²) in [7, 11) is 0. The molecule has 1 amide bonds. The molecule has 0 aliphatic heterocycles. The van der Waals surface area contributed by atoms with Gasteiger partial charge in [0.1, 0.15) is 5.76 Å². The molecule has 0 spiro atoms. The zero-order chi connectivity index (χ0) is 12.4. The van der Waals surface area contributed by atoms with Crippen LogP contribution in [0.4, 0.5) is 11.5 Å². The highest BCUT2D eigenvalue weighted by molar-refractivity contribution is 6.08. The van der Waals surface area contributed by atoms with E-state index in [9.17, 15) is 4.79 Å². The Bertz CT molecular complexity index is 540. The van der Waals surface area contributed by atoms with Crippen LogP contribution in [0.15, 0.2) is 28.8 Å². The number of aryl methyl sites for hydroxylation is 2. The number of anilines is 2. The van der Waals surface area contributed by atoms with Crippen LogP contribution in [0.1, 0.15) is 21.7 Å². The molecule has 0 saturated heterocycles. The van der Waals surface area contributed by atoms with Gasteiger partial charge in [-0.15, -0.1) is 0 Å². The van der Waals surface area contributed by atoms with E-state index in [0.717, 1.165) is 5.56 Å². The highest BCUT2D eigenvalue weighted by Gasteiger charge is 2.14. The first kappa shape index (κ1) is 11.2. The minimum absolute atomic E-state index is 0.283. The fourth-order valence-electron chi connectivity index (χ4n) is 1.60. The topological polar surface area (TPSA) is 81.2 Å². The van der Waals surface area contributed by atoms with Crippen molar-refractivity contribution in [3.63, 3.8) is 0 Å². The number of benzene rings is 1. The monoisotopic (exact) mass is 231 g/mol. The first-order chi connectivity index (χ1) is 8.08. The van der Waals surface area contributed by atoms with Gasteiger partial charge in [0.05, 0.1) is 5.56 Å². The van der Waals surface area contributed by atoms with E-state index in [1.54, 1.807) is 19.1 Å². The number of aromatic nitrogens is 1. The molecule has 1 aromatic heterocycles. The van der Waals surface area contributed by atoms with Gasteiger partial charge in [0, 0.05) is 11.8 Å². The van der Waals surface area contributed by atoms with Crippen molar-refractivity contribution in [3.8, 4) is 0 Å². The summed E-state index contributed by atoms with van der Waals surface area (Å²) in [5, 5.41) is 6.33. The van der Waals surface area contributed by atoms with Crippen LogP contribution in [0.2, 0.25) is 0 Å². The normalized spacial score (nSPS) is 10.2. The van der Waals surface area contributed by atoms with Crippen LogP contribution in [-0.4, -0.2) is 11.1 Å². The molecule has 2 rings (SSSR count). The Balaban J connectivity index is 2.26. The van der Waals surface area contributed by atoms with Crippen LogP contribution in [-0.2, 0) is 0 Å². The third-order valence-electron chi connectivity index (χ3n) is 2.40. The second-order valence-corrected chi connectivity index (χ2v) is 3.82. The number of nitrogens with zero attached hydrogens (tertiary/aromatic N) is 1. The van der Waals surface area contributed by atoms with Crippen molar-refractivity contribution in [2.75, 3.05) is 11.1 Å². The van der Waals surface area contributed by atoms with E-state index in [1.165, 1.54) is 0 Å².